The van der Waals surface area contributed by atoms with Gasteiger partial charge in [-0.15, -0.1) is 0 Å². The van der Waals surface area contributed by atoms with Gasteiger partial charge in [-0.1, -0.05) is 24.3 Å². The largest absolute Gasteiger partial charge is 0.444 e. The van der Waals surface area contributed by atoms with Crippen molar-refractivity contribution >= 4 is 11.9 Å². The molecule has 1 atom stereocenters. The third kappa shape index (κ3) is 2.62. The van der Waals surface area contributed by atoms with Crippen LogP contribution in [0.25, 0.3) is 0 Å². The number of nitrogens with zero attached hydrogens (tertiary/aromatic N) is 1. The molecule has 1 aliphatic heterocycles. The molecular formula is C18H23NO3. The maximum Gasteiger partial charge on any atom is 0.410 e. The summed E-state index contributed by atoms with van der Waals surface area (Å²) in [4.78, 5) is 26.9. The minimum absolute atomic E-state index is 0.136. The molecule has 22 heavy (non-hydrogen) atoms. The number of Topliss-reactive ketones (excluding diaryl/α,β-unsaturated/α-hetero) is 1. The Balaban J connectivity index is 1.90. The zero-order valence-electron chi connectivity index (χ0n) is 13.5. The molecule has 118 valence electrons. The second kappa shape index (κ2) is 5.11. The van der Waals surface area contributed by atoms with E-state index in [1.807, 2.05) is 45.0 Å². The van der Waals surface area contributed by atoms with Gasteiger partial charge in [-0.3, -0.25) is 4.79 Å². The molecule has 3 rings (SSSR count). The van der Waals surface area contributed by atoms with Crippen LogP contribution >= 0.6 is 0 Å². The summed E-state index contributed by atoms with van der Waals surface area (Å²) in [6.45, 7) is 6.28. The first-order valence-electron chi connectivity index (χ1n) is 7.93. The van der Waals surface area contributed by atoms with Gasteiger partial charge < -0.3 is 9.64 Å². The number of likely N-dealkylation sites (tertiary alicyclic amines) is 1. The molecule has 1 aliphatic carbocycles. The Hall–Kier alpha value is -1.84. The molecule has 0 radical (unpaired) electrons. The first-order valence-corrected chi connectivity index (χ1v) is 7.93. The van der Waals surface area contributed by atoms with E-state index in [1.54, 1.807) is 4.90 Å². The predicted octanol–water partition coefficient (Wildman–Crippen LogP) is 3.59. The molecule has 0 saturated carbocycles. The fourth-order valence-corrected chi connectivity index (χ4v) is 3.67. The van der Waals surface area contributed by atoms with Crippen LogP contribution in [0.3, 0.4) is 0 Å². The molecule has 1 spiro atoms. The number of hydrogen-bond donors (Lipinski definition) is 0. The number of carbonyl (C=O) groups is 2. The lowest BCUT2D eigenvalue weighted by Crippen LogP contribution is -2.53. The molecule has 1 amide bonds. The molecule has 1 fully saturated rings. The predicted molar refractivity (Wildman–Crippen MR) is 84.0 cm³/mol. The van der Waals surface area contributed by atoms with Crippen molar-refractivity contribution in [3.8, 4) is 0 Å². The quantitative estimate of drug-likeness (QED) is 0.735. The molecule has 1 aromatic rings. The summed E-state index contributed by atoms with van der Waals surface area (Å²) >= 11 is 0. The lowest BCUT2D eigenvalue weighted by molar-refractivity contribution is 0.00621. The third-order valence-corrected chi connectivity index (χ3v) is 4.54. The van der Waals surface area contributed by atoms with Gasteiger partial charge in [0.25, 0.3) is 0 Å². The minimum Gasteiger partial charge on any atom is -0.444 e. The van der Waals surface area contributed by atoms with Crippen LogP contribution in [0.1, 0.15) is 56.0 Å². The van der Waals surface area contributed by atoms with E-state index in [9.17, 15) is 9.59 Å². The number of ether oxygens (including phenoxy) is 1. The number of carbonyl (C=O) groups excluding carboxylic acids is 2. The van der Waals surface area contributed by atoms with Crippen LogP contribution < -0.4 is 0 Å². The van der Waals surface area contributed by atoms with Gasteiger partial charge in [0.05, 0.1) is 5.54 Å². The number of ketones is 1. The van der Waals surface area contributed by atoms with E-state index >= 15 is 0 Å². The number of rotatable bonds is 0. The van der Waals surface area contributed by atoms with E-state index in [-0.39, 0.29) is 11.9 Å². The normalized spacial score (nSPS) is 24.5. The van der Waals surface area contributed by atoms with Gasteiger partial charge in [-0.05, 0) is 45.6 Å². The van der Waals surface area contributed by atoms with E-state index in [0.29, 0.717) is 13.0 Å². The molecule has 0 aromatic heterocycles. The molecule has 4 nitrogen and oxygen atoms in total. The average molecular weight is 301 g/mol. The van der Waals surface area contributed by atoms with Crippen LogP contribution in [-0.4, -0.2) is 34.5 Å². The van der Waals surface area contributed by atoms with Crippen molar-refractivity contribution < 1.29 is 14.3 Å². The number of fused-ring (bicyclic) bond motifs is 1. The summed E-state index contributed by atoms with van der Waals surface area (Å²) in [6.07, 6.45) is 2.65. The highest BCUT2D eigenvalue weighted by atomic mass is 16.6. The highest BCUT2D eigenvalue weighted by Crippen LogP contribution is 2.41. The lowest BCUT2D eigenvalue weighted by Gasteiger charge is -2.41. The Morgan fingerprint density at radius 3 is 2.68 bits per heavy atom. The van der Waals surface area contributed by atoms with E-state index < -0.39 is 11.1 Å². The highest BCUT2D eigenvalue weighted by molar-refractivity contribution is 6.00. The van der Waals surface area contributed by atoms with Crippen molar-refractivity contribution in [3.05, 3.63) is 35.4 Å². The SMILES string of the molecule is CC(C)(C)OC(=O)N1CCCC12CC(=O)c1ccccc1C2. The van der Waals surface area contributed by atoms with Crippen LogP contribution in [0.2, 0.25) is 0 Å². The Labute approximate surface area is 131 Å². The van der Waals surface area contributed by atoms with Crippen LogP contribution in [0, 0.1) is 0 Å². The van der Waals surface area contributed by atoms with Gasteiger partial charge in [-0.2, -0.15) is 0 Å². The molecule has 1 aromatic carbocycles. The van der Waals surface area contributed by atoms with Crippen molar-refractivity contribution in [1.82, 2.24) is 4.90 Å². The van der Waals surface area contributed by atoms with Crippen LogP contribution in [0.5, 0.6) is 0 Å². The summed E-state index contributed by atoms with van der Waals surface area (Å²) in [7, 11) is 0. The standard InChI is InChI=1S/C18H23NO3/c1-17(2,3)22-16(21)19-10-6-9-18(19)11-13-7-4-5-8-14(13)15(20)12-18/h4-5,7-8H,6,9-12H2,1-3H3. The zero-order valence-corrected chi connectivity index (χ0v) is 13.5. The molecule has 0 N–H and O–H groups in total. The fourth-order valence-electron chi connectivity index (χ4n) is 3.67. The van der Waals surface area contributed by atoms with E-state index in [0.717, 1.165) is 30.4 Å². The second-order valence-corrected chi connectivity index (χ2v) is 7.39. The van der Waals surface area contributed by atoms with Crippen molar-refractivity contribution in [2.24, 2.45) is 0 Å². The Bertz CT molecular complexity index is 617. The molecule has 1 unspecified atom stereocenters. The van der Waals surface area contributed by atoms with Crippen molar-refractivity contribution in [1.29, 1.82) is 0 Å². The van der Waals surface area contributed by atoms with E-state index in [1.165, 1.54) is 0 Å². The van der Waals surface area contributed by atoms with Gasteiger partial charge in [0.15, 0.2) is 5.78 Å². The molecule has 1 heterocycles. The lowest BCUT2D eigenvalue weighted by atomic mass is 9.76. The van der Waals surface area contributed by atoms with Gasteiger partial charge in [0.1, 0.15) is 5.60 Å². The monoisotopic (exact) mass is 301 g/mol. The first-order chi connectivity index (χ1) is 10.3. The van der Waals surface area contributed by atoms with Crippen molar-refractivity contribution in [2.45, 2.75) is 57.6 Å². The topological polar surface area (TPSA) is 46.6 Å². The van der Waals surface area contributed by atoms with Gasteiger partial charge >= 0.3 is 6.09 Å². The fraction of sp³-hybridized carbons (Fsp3) is 0.556. The summed E-state index contributed by atoms with van der Waals surface area (Å²) in [5.41, 5.74) is 0.948. The van der Waals surface area contributed by atoms with E-state index in [2.05, 4.69) is 0 Å². The van der Waals surface area contributed by atoms with Gasteiger partial charge in [0.2, 0.25) is 0 Å². The van der Waals surface area contributed by atoms with Gasteiger partial charge in [0, 0.05) is 18.5 Å². The maximum atomic E-state index is 12.5. The average Bonchev–Trinajstić information content (AvgIpc) is 2.79. The van der Waals surface area contributed by atoms with Gasteiger partial charge in [-0.25, -0.2) is 4.79 Å². The summed E-state index contributed by atoms with van der Waals surface area (Å²) in [5.74, 6) is 0.136. The summed E-state index contributed by atoms with van der Waals surface area (Å²) < 4.78 is 5.55. The molecule has 4 heteroatoms. The minimum atomic E-state index is -0.516. The second-order valence-electron chi connectivity index (χ2n) is 7.39. The molecule has 1 saturated heterocycles. The Morgan fingerprint density at radius 2 is 1.95 bits per heavy atom. The zero-order chi connectivity index (χ0) is 16.0. The van der Waals surface area contributed by atoms with Crippen LogP contribution in [0.4, 0.5) is 4.79 Å². The molecular weight excluding hydrogens is 278 g/mol. The highest BCUT2D eigenvalue weighted by Gasteiger charge is 2.49. The number of benzene rings is 1. The van der Waals surface area contributed by atoms with Crippen molar-refractivity contribution in [2.75, 3.05) is 6.54 Å². The third-order valence-electron chi connectivity index (χ3n) is 4.54. The van der Waals surface area contributed by atoms with Crippen molar-refractivity contribution in [3.63, 3.8) is 0 Å². The summed E-state index contributed by atoms with van der Waals surface area (Å²) in [5, 5.41) is 0. The van der Waals surface area contributed by atoms with Crippen LogP contribution in [-0.2, 0) is 11.2 Å². The van der Waals surface area contributed by atoms with Crippen LogP contribution in [0.15, 0.2) is 24.3 Å². The Kier molecular flexibility index (Phi) is 3.50. The molecule has 0 bridgehead atoms. The van der Waals surface area contributed by atoms with E-state index in [4.69, 9.17) is 4.74 Å². The number of hydrogen-bond acceptors (Lipinski definition) is 3. The maximum absolute atomic E-state index is 12.5. The number of amides is 1. The molecule has 2 aliphatic rings. The summed E-state index contributed by atoms with van der Waals surface area (Å²) in [6, 6.07) is 7.74. The first kappa shape index (κ1) is 15.1. The Morgan fingerprint density at radius 1 is 1.23 bits per heavy atom. The smallest absolute Gasteiger partial charge is 0.410 e.